The summed E-state index contributed by atoms with van der Waals surface area (Å²) >= 11 is 0. The molecule has 0 bridgehead atoms. The van der Waals surface area contributed by atoms with Crippen LogP contribution < -0.4 is 21.1 Å². The van der Waals surface area contributed by atoms with Gasteiger partial charge in [-0.25, -0.2) is 4.98 Å². The molecule has 0 radical (unpaired) electrons. The molecule has 0 saturated heterocycles. The molecule has 3 heterocycles. The van der Waals surface area contributed by atoms with Crippen LogP contribution in [0.3, 0.4) is 0 Å². The van der Waals surface area contributed by atoms with E-state index in [0.717, 1.165) is 16.9 Å². The molecule has 0 aliphatic heterocycles. The molecule has 8 nitrogen and oxygen atoms in total. The van der Waals surface area contributed by atoms with E-state index in [1.807, 2.05) is 60.7 Å². The van der Waals surface area contributed by atoms with E-state index in [2.05, 4.69) is 5.32 Å². The molecule has 3 aromatic heterocycles. The Kier molecular flexibility index (Phi) is 6.81. The van der Waals surface area contributed by atoms with E-state index in [9.17, 15) is 9.59 Å². The summed E-state index contributed by atoms with van der Waals surface area (Å²) in [6.45, 7) is 0.795. The van der Waals surface area contributed by atoms with Crippen LogP contribution in [0.1, 0.15) is 21.5 Å². The van der Waals surface area contributed by atoms with Crippen LogP contribution >= 0.6 is 0 Å². The van der Waals surface area contributed by atoms with Crippen LogP contribution in [0.5, 0.6) is 5.75 Å². The maximum absolute atomic E-state index is 13.4. The number of methoxy groups -OCH3 is 1. The highest BCUT2D eigenvalue weighted by Gasteiger charge is 2.17. The second-order valence-electron chi connectivity index (χ2n) is 8.73. The van der Waals surface area contributed by atoms with Crippen molar-refractivity contribution in [3.8, 4) is 5.75 Å². The van der Waals surface area contributed by atoms with Crippen molar-refractivity contribution in [3.05, 3.63) is 118 Å². The first-order valence-corrected chi connectivity index (χ1v) is 12.1. The van der Waals surface area contributed by atoms with Gasteiger partial charge in [0.2, 0.25) is 0 Å². The number of aromatic nitrogens is 3. The molecular weight excluding hydrogens is 466 g/mol. The first-order chi connectivity index (χ1) is 18.0. The van der Waals surface area contributed by atoms with E-state index < -0.39 is 5.91 Å². The summed E-state index contributed by atoms with van der Waals surface area (Å²) < 4.78 is 8.35. The quantitative estimate of drug-likeness (QED) is 0.324. The molecule has 0 aliphatic carbocycles. The lowest BCUT2D eigenvalue weighted by molar-refractivity contribution is 0.0951. The first kappa shape index (κ1) is 24.0. The largest absolute Gasteiger partial charge is 0.497 e. The standard InChI is InChI=1S/C29H27N5O3/c1-37-22-12-10-21(11-13-22)15-18-34-26(30)23(28(35)31-16-14-20-7-3-2-4-8-20)19-24-27(34)32-25-9-5-6-17-33(25)29(24)36/h2-13,17,19,30H,14-16,18H2,1H3,(H,31,35). The van der Waals surface area contributed by atoms with Crippen molar-refractivity contribution in [1.29, 1.82) is 5.41 Å². The van der Waals surface area contributed by atoms with Crippen molar-refractivity contribution in [1.82, 2.24) is 19.3 Å². The predicted molar refractivity (Wildman–Crippen MR) is 142 cm³/mol. The second-order valence-corrected chi connectivity index (χ2v) is 8.73. The van der Waals surface area contributed by atoms with Crippen LogP contribution in [0.15, 0.2) is 89.9 Å². The number of carbonyl (C=O) groups is 1. The fourth-order valence-corrected chi connectivity index (χ4v) is 4.37. The van der Waals surface area contributed by atoms with Gasteiger partial charge in [0, 0.05) is 19.3 Å². The molecule has 5 rings (SSSR count). The highest BCUT2D eigenvalue weighted by Crippen LogP contribution is 2.14. The lowest BCUT2D eigenvalue weighted by Gasteiger charge is -2.15. The summed E-state index contributed by atoms with van der Waals surface area (Å²) in [5.74, 6) is 0.372. The number of rotatable bonds is 8. The maximum atomic E-state index is 13.4. The number of hydrogen-bond acceptors (Lipinski definition) is 5. The summed E-state index contributed by atoms with van der Waals surface area (Å²) in [5.41, 5.74) is 2.90. The van der Waals surface area contributed by atoms with Gasteiger partial charge in [-0.15, -0.1) is 0 Å². The average molecular weight is 494 g/mol. The van der Waals surface area contributed by atoms with Gasteiger partial charge in [-0.2, -0.15) is 0 Å². The van der Waals surface area contributed by atoms with Crippen molar-refractivity contribution < 1.29 is 9.53 Å². The third-order valence-corrected chi connectivity index (χ3v) is 6.39. The third kappa shape index (κ3) is 4.99. The molecule has 0 unspecified atom stereocenters. The van der Waals surface area contributed by atoms with Crippen LogP contribution in [-0.2, 0) is 19.4 Å². The SMILES string of the molecule is COc1ccc(CCn2c(=N)c(C(=O)NCCc3ccccc3)cc3c(=O)n4ccccc4nc32)cc1. The minimum Gasteiger partial charge on any atom is -0.497 e. The van der Waals surface area contributed by atoms with Gasteiger partial charge in [0.1, 0.15) is 22.5 Å². The van der Waals surface area contributed by atoms with Gasteiger partial charge in [0.05, 0.1) is 18.1 Å². The van der Waals surface area contributed by atoms with Crippen molar-refractivity contribution >= 4 is 22.6 Å². The van der Waals surface area contributed by atoms with Crippen LogP contribution in [0.2, 0.25) is 0 Å². The fourth-order valence-electron chi connectivity index (χ4n) is 4.37. The Balaban J connectivity index is 1.53. The number of fused-ring (bicyclic) bond motifs is 2. The Morgan fingerprint density at radius 2 is 1.70 bits per heavy atom. The molecule has 2 N–H and O–H groups in total. The van der Waals surface area contributed by atoms with Crippen LogP contribution in [0.4, 0.5) is 0 Å². The third-order valence-electron chi connectivity index (χ3n) is 6.39. The maximum Gasteiger partial charge on any atom is 0.267 e. The Bertz CT molecular complexity index is 1690. The van der Waals surface area contributed by atoms with E-state index in [4.69, 9.17) is 15.1 Å². The average Bonchev–Trinajstić information content (AvgIpc) is 2.93. The van der Waals surface area contributed by atoms with Gasteiger partial charge in [-0.3, -0.25) is 19.4 Å². The number of aryl methyl sites for hydroxylation is 2. The highest BCUT2D eigenvalue weighted by molar-refractivity contribution is 5.96. The van der Waals surface area contributed by atoms with Gasteiger partial charge in [0.15, 0.2) is 0 Å². The number of pyridine rings is 2. The Hall–Kier alpha value is -4.72. The molecule has 0 atom stereocenters. The van der Waals surface area contributed by atoms with E-state index in [1.165, 1.54) is 10.5 Å². The van der Waals surface area contributed by atoms with Gasteiger partial charge >= 0.3 is 0 Å². The molecule has 0 saturated carbocycles. The topological polar surface area (TPSA) is 101 Å². The zero-order valence-corrected chi connectivity index (χ0v) is 20.5. The second kappa shape index (κ2) is 10.5. The summed E-state index contributed by atoms with van der Waals surface area (Å²) in [6.07, 6.45) is 2.91. The van der Waals surface area contributed by atoms with Crippen molar-refractivity contribution in [2.24, 2.45) is 0 Å². The van der Waals surface area contributed by atoms with Gasteiger partial charge < -0.3 is 14.6 Å². The smallest absolute Gasteiger partial charge is 0.267 e. The first-order valence-electron chi connectivity index (χ1n) is 12.1. The van der Waals surface area contributed by atoms with E-state index >= 15 is 0 Å². The lowest BCUT2D eigenvalue weighted by Crippen LogP contribution is -2.36. The van der Waals surface area contributed by atoms with Crippen LogP contribution in [0, 0.1) is 5.41 Å². The minimum atomic E-state index is -0.390. The number of hydrogen-bond donors (Lipinski definition) is 2. The van der Waals surface area contributed by atoms with Crippen molar-refractivity contribution in [3.63, 3.8) is 0 Å². The van der Waals surface area contributed by atoms with E-state index in [-0.39, 0.29) is 16.6 Å². The van der Waals surface area contributed by atoms with Crippen LogP contribution in [0.25, 0.3) is 16.7 Å². The molecule has 186 valence electrons. The predicted octanol–water partition coefficient (Wildman–Crippen LogP) is 3.35. The molecular formula is C29H27N5O3. The number of amides is 1. The Morgan fingerprint density at radius 1 is 0.973 bits per heavy atom. The molecule has 0 fully saturated rings. The Labute approximate surface area is 213 Å². The molecule has 0 spiro atoms. The monoisotopic (exact) mass is 493 g/mol. The van der Waals surface area contributed by atoms with Crippen LogP contribution in [-0.4, -0.2) is 33.5 Å². The molecule has 2 aromatic carbocycles. The number of nitrogens with zero attached hydrogens (tertiary/aromatic N) is 3. The van der Waals surface area contributed by atoms with Crippen molar-refractivity contribution in [2.45, 2.75) is 19.4 Å². The zero-order valence-electron chi connectivity index (χ0n) is 20.5. The zero-order chi connectivity index (χ0) is 25.8. The molecule has 37 heavy (non-hydrogen) atoms. The minimum absolute atomic E-state index is 0.0189. The summed E-state index contributed by atoms with van der Waals surface area (Å²) in [4.78, 5) is 31.3. The number of benzene rings is 2. The lowest BCUT2D eigenvalue weighted by atomic mass is 10.1. The van der Waals surface area contributed by atoms with E-state index in [1.54, 1.807) is 30.0 Å². The number of carbonyl (C=O) groups excluding carboxylic acids is 1. The molecule has 5 aromatic rings. The number of nitrogens with one attached hydrogen (secondary N) is 2. The summed E-state index contributed by atoms with van der Waals surface area (Å²) in [5, 5.41) is 12.1. The van der Waals surface area contributed by atoms with E-state index in [0.29, 0.717) is 42.6 Å². The number of ether oxygens (including phenoxy) is 1. The van der Waals surface area contributed by atoms with Crippen molar-refractivity contribution in [2.75, 3.05) is 13.7 Å². The van der Waals surface area contributed by atoms with Gasteiger partial charge in [-0.1, -0.05) is 48.5 Å². The molecule has 0 aliphatic rings. The summed E-state index contributed by atoms with van der Waals surface area (Å²) in [6, 6.07) is 24.4. The summed E-state index contributed by atoms with van der Waals surface area (Å²) in [7, 11) is 1.62. The highest BCUT2D eigenvalue weighted by atomic mass is 16.5. The molecule has 1 amide bonds. The van der Waals surface area contributed by atoms with Gasteiger partial charge in [-0.05, 0) is 54.3 Å². The Morgan fingerprint density at radius 3 is 2.46 bits per heavy atom. The molecule has 8 heteroatoms. The fraction of sp³-hybridized carbons (Fsp3) is 0.172. The van der Waals surface area contributed by atoms with Gasteiger partial charge in [0.25, 0.3) is 11.5 Å². The normalized spacial score (nSPS) is 11.1.